The Morgan fingerprint density at radius 3 is 2.64 bits per heavy atom. The van der Waals surface area contributed by atoms with E-state index in [1.165, 1.54) is 0 Å². The summed E-state index contributed by atoms with van der Waals surface area (Å²) in [5.41, 5.74) is 1.83. The average molecular weight is 254 g/mol. The number of carbonyl (C=O) groups excluding carboxylic acids is 1. The van der Waals surface area contributed by atoms with Gasteiger partial charge in [0.1, 0.15) is 6.61 Å². The first-order valence-electron chi connectivity index (χ1n) is 4.14. The zero-order valence-electron chi connectivity index (χ0n) is 7.29. The van der Waals surface area contributed by atoms with Gasteiger partial charge in [-0.3, -0.25) is 5.32 Å². The van der Waals surface area contributed by atoms with Crippen molar-refractivity contribution < 1.29 is 9.53 Å². The van der Waals surface area contributed by atoms with Gasteiger partial charge in [0.25, 0.3) is 0 Å². The Morgan fingerprint density at radius 1 is 1.36 bits per heavy atom. The van der Waals surface area contributed by atoms with Crippen LogP contribution in [-0.2, 0) is 4.74 Å². The van der Waals surface area contributed by atoms with E-state index in [1.54, 1.807) is 0 Å². The molecule has 1 saturated heterocycles. The van der Waals surface area contributed by atoms with Crippen LogP contribution >= 0.6 is 15.9 Å². The summed E-state index contributed by atoms with van der Waals surface area (Å²) in [6, 6.07) is 7.82. The lowest BCUT2D eigenvalue weighted by Gasteiger charge is -1.95. The first-order valence-corrected chi connectivity index (χ1v) is 4.93. The van der Waals surface area contributed by atoms with E-state index in [-0.39, 0.29) is 6.09 Å². The second-order valence-electron chi connectivity index (χ2n) is 2.92. The monoisotopic (exact) mass is 253 g/mol. The normalized spacial score (nSPS) is 18.1. The van der Waals surface area contributed by atoms with Crippen LogP contribution in [-0.4, -0.2) is 12.7 Å². The lowest BCUT2D eigenvalue weighted by Crippen LogP contribution is -2.10. The van der Waals surface area contributed by atoms with Gasteiger partial charge >= 0.3 is 6.09 Å². The van der Waals surface area contributed by atoms with Gasteiger partial charge < -0.3 is 4.74 Å². The number of nitrogens with one attached hydrogen (secondary N) is 1. The molecule has 2 rings (SSSR count). The van der Waals surface area contributed by atoms with Crippen LogP contribution in [0.5, 0.6) is 0 Å². The predicted octanol–water partition coefficient (Wildman–Crippen LogP) is 2.53. The van der Waals surface area contributed by atoms with Crippen molar-refractivity contribution in [1.82, 2.24) is 5.32 Å². The Kier molecular flexibility index (Phi) is 2.54. The van der Waals surface area contributed by atoms with E-state index in [0.29, 0.717) is 6.61 Å². The molecular formula is C10H8BrNO2. The number of carbonyl (C=O) groups is 1. The quantitative estimate of drug-likeness (QED) is 0.836. The van der Waals surface area contributed by atoms with Gasteiger partial charge in [-0.05, 0) is 23.8 Å². The number of rotatable bonds is 1. The molecule has 1 aromatic rings. The summed E-state index contributed by atoms with van der Waals surface area (Å²) in [6.45, 7) is 0.328. The summed E-state index contributed by atoms with van der Waals surface area (Å²) in [5, 5.41) is 2.61. The van der Waals surface area contributed by atoms with E-state index in [9.17, 15) is 4.79 Å². The smallest absolute Gasteiger partial charge is 0.411 e. The van der Waals surface area contributed by atoms with Crippen molar-refractivity contribution in [2.75, 3.05) is 6.61 Å². The highest BCUT2D eigenvalue weighted by Crippen LogP contribution is 2.13. The summed E-state index contributed by atoms with van der Waals surface area (Å²) in [7, 11) is 0. The Bertz CT molecular complexity index is 384. The number of ether oxygens (including phenoxy) is 1. The van der Waals surface area contributed by atoms with Crippen LogP contribution in [0, 0.1) is 0 Å². The van der Waals surface area contributed by atoms with Crippen molar-refractivity contribution in [3.8, 4) is 0 Å². The Labute approximate surface area is 89.9 Å². The lowest BCUT2D eigenvalue weighted by atomic mass is 10.2. The molecule has 0 saturated carbocycles. The lowest BCUT2D eigenvalue weighted by molar-refractivity contribution is 0.179. The molecule has 0 radical (unpaired) electrons. The Morgan fingerprint density at radius 2 is 2.07 bits per heavy atom. The second-order valence-corrected chi connectivity index (χ2v) is 3.84. The van der Waals surface area contributed by atoms with Crippen molar-refractivity contribution in [3.05, 3.63) is 40.0 Å². The highest BCUT2D eigenvalue weighted by atomic mass is 79.9. The first kappa shape index (κ1) is 9.27. The van der Waals surface area contributed by atoms with Gasteiger partial charge in [0.2, 0.25) is 0 Å². The molecule has 0 atom stereocenters. The summed E-state index contributed by atoms with van der Waals surface area (Å²) >= 11 is 3.35. The summed E-state index contributed by atoms with van der Waals surface area (Å²) < 4.78 is 5.77. The second kappa shape index (κ2) is 3.84. The topological polar surface area (TPSA) is 38.3 Å². The van der Waals surface area contributed by atoms with E-state index in [4.69, 9.17) is 4.74 Å². The van der Waals surface area contributed by atoms with Crippen molar-refractivity contribution in [2.45, 2.75) is 0 Å². The highest BCUT2D eigenvalue weighted by Gasteiger charge is 2.14. The molecule has 1 fully saturated rings. The third-order valence-corrected chi connectivity index (χ3v) is 2.36. The fourth-order valence-corrected chi connectivity index (χ4v) is 1.45. The molecular weight excluding hydrogens is 246 g/mol. The SMILES string of the molecule is O=C1NC(=Cc2ccc(Br)cc2)CO1. The number of halogens is 1. The predicted molar refractivity (Wildman–Crippen MR) is 56.6 cm³/mol. The standard InChI is InChI=1S/C10H8BrNO2/c11-8-3-1-7(2-4-8)5-9-6-14-10(13)12-9/h1-5H,6H2,(H,12,13). The number of cyclic esters (lactones) is 1. The van der Waals surface area contributed by atoms with Crippen LogP contribution in [0.4, 0.5) is 4.79 Å². The molecule has 1 N–H and O–H groups in total. The molecule has 4 heteroatoms. The number of hydrogen-bond donors (Lipinski definition) is 1. The zero-order chi connectivity index (χ0) is 9.97. The molecule has 0 unspecified atom stereocenters. The van der Waals surface area contributed by atoms with Crippen LogP contribution in [0.15, 0.2) is 34.4 Å². The molecule has 14 heavy (non-hydrogen) atoms. The third-order valence-electron chi connectivity index (χ3n) is 1.83. The van der Waals surface area contributed by atoms with Crippen molar-refractivity contribution in [3.63, 3.8) is 0 Å². The highest BCUT2D eigenvalue weighted by molar-refractivity contribution is 9.10. The number of benzene rings is 1. The Balaban J connectivity index is 2.17. The number of hydrogen-bond acceptors (Lipinski definition) is 2. The van der Waals surface area contributed by atoms with Crippen LogP contribution in [0.25, 0.3) is 6.08 Å². The molecule has 72 valence electrons. The molecule has 3 nitrogen and oxygen atoms in total. The largest absolute Gasteiger partial charge is 0.443 e. The molecule has 0 spiro atoms. The molecule has 1 amide bonds. The van der Waals surface area contributed by atoms with Crippen LogP contribution in [0.2, 0.25) is 0 Å². The maximum Gasteiger partial charge on any atom is 0.411 e. The van der Waals surface area contributed by atoms with Gasteiger partial charge in [-0.25, -0.2) is 4.79 Å². The fraction of sp³-hybridized carbons (Fsp3) is 0.100. The molecule has 1 aliphatic rings. The minimum absolute atomic E-state index is 0.328. The summed E-state index contributed by atoms with van der Waals surface area (Å²) in [5.74, 6) is 0. The molecule has 0 aromatic heterocycles. The fourth-order valence-electron chi connectivity index (χ4n) is 1.18. The van der Waals surface area contributed by atoms with Gasteiger partial charge in [-0.15, -0.1) is 0 Å². The van der Waals surface area contributed by atoms with E-state index in [0.717, 1.165) is 15.7 Å². The maximum absolute atomic E-state index is 10.7. The van der Waals surface area contributed by atoms with Crippen LogP contribution < -0.4 is 5.32 Å². The Hall–Kier alpha value is -1.29. The number of alkyl carbamates (subject to hydrolysis) is 1. The summed E-state index contributed by atoms with van der Waals surface area (Å²) in [6.07, 6.45) is 1.51. The molecule has 1 aliphatic heterocycles. The molecule has 0 bridgehead atoms. The third kappa shape index (κ3) is 2.14. The molecule has 1 aromatic carbocycles. The van der Waals surface area contributed by atoms with Crippen molar-refractivity contribution in [1.29, 1.82) is 0 Å². The average Bonchev–Trinajstić information content (AvgIpc) is 2.56. The maximum atomic E-state index is 10.7. The van der Waals surface area contributed by atoms with E-state index >= 15 is 0 Å². The molecule has 0 aliphatic carbocycles. The van der Waals surface area contributed by atoms with Gasteiger partial charge in [0.15, 0.2) is 0 Å². The van der Waals surface area contributed by atoms with Crippen molar-refractivity contribution >= 4 is 28.1 Å². The first-order chi connectivity index (χ1) is 6.74. The van der Waals surface area contributed by atoms with Crippen LogP contribution in [0.3, 0.4) is 0 Å². The molecule has 1 heterocycles. The minimum Gasteiger partial charge on any atom is -0.443 e. The van der Waals surface area contributed by atoms with Gasteiger partial charge in [0, 0.05) is 4.47 Å². The van der Waals surface area contributed by atoms with Crippen molar-refractivity contribution in [2.24, 2.45) is 0 Å². The minimum atomic E-state index is -0.381. The van der Waals surface area contributed by atoms with Gasteiger partial charge in [-0.1, -0.05) is 28.1 Å². The van der Waals surface area contributed by atoms with E-state index < -0.39 is 0 Å². The van der Waals surface area contributed by atoms with Gasteiger partial charge in [-0.2, -0.15) is 0 Å². The zero-order valence-corrected chi connectivity index (χ0v) is 8.87. The van der Waals surface area contributed by atoms with Gasteiger partial charge in [0.05, 0.1) is 5.70 Å². The number of amides is 1. The van der Waals surface area contributed by atoms with E-state index in [1.807, 2.05) is 30.3 Å². The van der Waals surface area contributed by atoms with E-state index in [2.05, 4.69) is 21.2 Å². The summed E-state index contributed by atoms with van der Waals surface area (Å²) in [4.78, 5) is 10.7. The van der Waals surface area contributed by atoms with Crippen LogP contribution in [0.1, 0.15) is 5.56 Å².